The summed E-state index contributed by atoms with van der Waals surface area (Å²) in [4.78, 5) is 45.2. The molecular formula is C28H34ClN3O3. The molecule has 2 aromatic rings. The van der Waals surface area contributed by atoms with E-state index in [-0.39, 0.29) is 28.2 Å². The normalized spacial score (nSPS) is 21.1. The molecule has 2 aliphatic carbocycles. The van der Waals surface area contributed by atoms with Crippen LogP contribution in [0.4, 0.5) is 0 Å². The minimum absolute atomic E-state index is 0.0184. The first-order valence-electron chi connectivity index (χ1n) is 12.8. The van der Waals surface area contributed by atoms with Gasteiger partial charge in [0.15, 0.2) is 5.78 Å². The minimum atomic E-state index is -0.365. The van der Waals surface area contributed by atoms with Crippen molar-refractivity contribution in [3.8, 4) is 5.69 Å². The second kappa shape index (κ2) is 9.55. The van der Waals surface area contributed by atoms with E-state index in [1.165, 1.54) is 36.7 Å². The second-order valence-corrected chi connectivity index (χ2v) is 11.5. The summed E-state index contributed by atoms with van der Waals surface area (Å²) in [7, 11) is 0. The molecule has 5 rings (SSSR count). The molecule has 1 aromatic heterocycles. The van der Waals surface area contributed by atoms with E-state index in [1.807, 2.05) is 18.7 Å². The number of halogens is 1. The molecule has 186 valence electrons. The van der Waals surface area contributed by atoms with Crippen LogP contribution in [0.15, 0.2) is 35.3 Å². The van der Waals surface area contributed by atoms with Gasteiger partial charge in [0.2, 0.25) is 0 Å². The molecule has 0 spiro atoms. The molecule has 1 saturated heterocycles. The van der Waals surface area contributed by atoms with Gasteiger partial charge >= 0.3 is 0 Å². The maximum atomic E-state index is 13.9. The Balaban J connectivity index is 1.51. The lowest BCUT2D eigenvalue weighted by Crippen LogP contribution is -2.53. The topological polar surface area (TPSA) is 62.6 Å². The van der Waals surface area contributed by atoms with E-state index in [0.717, 1.165) is 13.1 Å². The van der Waals surface area contributed by atoms with Gasteiger partial charge in [-0.1, -0.05) is 44.7 Å². The van der Waals surface area contributed by atoms with Crippen molar-refractivity contribution in [2.75, 3.05) is 26.2 Å². The number of carbonyl (C=O) groups is 2. The number of aromatic nitrogens is 1. The molecule has 1 aromatic carbocycles. The van der Waals surface area contributed by atoms with E-state index in [1.54, 1.807) is 30.5 Å². The van der Waals surface area contributed by atoms with Crippen LogP contribution >= 0.6 is 11.6 Å². The smallest absolute Gasteiger partial charge is 0.268 e. The standard InChI is InChI=1S/C28H34ClN3O3/c1-28(2)16-22-23(24(33)17-28)18-32(21-10-8-19(29)9-11-21)27(35)25(22)26(34)31-14-12-30(13-15-31)20-6-4-3-5-7-20/h8-11,18,20H,3-7,12-17H2,1-2H3. The summed E-state index contributed by atoms with van der Waals surface area (Å²) in [5.41, 5.74) is 1.19. The lowest BCUT2D eigenvalue weighted by Gasteiger charge is -2.41. The monoisotopic (exact) mass is 495 g/mol. The second-order valence-electron chi connectivity index (χ2n) is 11.1. The molecule has 0 radical (unpaired) electrons. The number of rotatable bonds is 3. The molecular weight excluding hydrogens is 462 g/mol. The average Bonchev–Trinajstić information content (AvgIpc) is 2.84. The Morgan fingerprint density at radius 2 is 1.60 bits per heavy atom. The number of carbonyl (C=O) groups excluding carboxylic acids is 2. The number of ketones is 1. The van der Waals surface area contributed by atoms with Crippen LogP contribution in [0.3, 0.4) is 0 Å². The Morgan fingerprint density at radius 3 is 2.26 bits per heavy atom. The lowest BCUT2D eigenvalue weighted by atomic mass is 9.73. The highest BCUT2D eigenvalue weighted by Crippen LogP contribution is 2.36. The van der Waals surface area contributed by atoms with Crippen LogP contribution in [0.1, 0.15) is 78.7 Å². The van der Waals surface area contributed by atoms with Crippen molar-refractivity contribution < 1.29 is 9.59 Å². The fraction of sp³-hybridized carbons (Fsp3) is 0.536. The van der Waals surface area contributed by atoms with Gasteiger partial charge in [-0.3, -0.25) is 23.9 Å². The van der Waals surface area contributed by atoms with Crippen LogP contribution in [0.25, 0.3) is 5.69 Å². The predicted molar refractivity (Wildman–Crippen MR) is 138 cm³/mol. The fourth-order valence-corrected chi connectivity index (χ4v) is 6.18. The highest BCUT2D eigenvalue weighted by Gasteiger charge is 2.37. The van der Waals surface area contributed by atoms with Crippen molar-refractivity contribution in [3.63, 3.8) is 0 Å². The first-order chi connectivity index (χ1) is 16.7. The Hall–Kier alpha value is -2.44. The summed E-state index contributed by atoms with van der Waals surface area (Å²) in [5.74, 6) is -0.265. The largest absolute Gasteiger partial charge is 0.336 e. The third-order valence-electron chi connectivity index (χ3n) is 7.92. The van der Waals surface area contributed by atoms with Crippen molar-refractivity contribution in [2.45, 2.75) is 64.8 Å². The molecule has 2 fully saturated rings. The molecule has 1 amide bonds. The zero-order valence-corrected chi connectivity index (χ0v) is 21.4. The van der Waals surface area contributed by atoms with Crippen molar-refractivity contribution in [1.82, 2.24) is 14.4 Å². The zero-order valence-electron chi connectivity index (χ0n) is 20.7. The van der Waals surface area contributed by atoms with Gasteiger partial charge in [-0.15, -0.1) is 0 Å². The molecule has 0 atom stereocenters. The Bertz CT molecular complexity index is 1190. The number of benzene rings is 1. The average molecular weight is 496 g/mol. The molecule has 7 heteroatoms. The van der Waals surface area contributed by atoms with Crippen LogP contribution in [-0.4, -0.2) is 58.3 Å². The molecule has 1 saturated carbocycles. The van der Waals surface area contributed by atoms with Gasteiger partial charge in [0, 0.05) is 61.1 Å². The fourth-order valence-electron chi connectivity index (χ4n) is 6.05. The van der Waals surface area contributed by atoms with Crippen molar-refractivity contribution >= 4 is 23.3 Å². The third kappa shape index (κ3) is 4.83. The van der Waals surface area contributed by atoms with E-state index < -0.39 is 0 Å². The molecule has 2 heterocycles. The number of piperazine rings is 1. The number of hydrogen-bond donors (Lipinski definition) is 0. The van der Waals surface area contributed by atoms with Crippen LogP contribution in [-0.2, 0) is 6.42 Å². The maximum absolute atomic E-state index is 13.9. The summed E-state index contributed by atoms with van der Waals surface area (Å²) in [5, 5.41) is 0.560. The van der Waals surface area contributed by atoms with Gasteiger partial charge in [-0.25, -0.2) is 0 Å². The number of hydrogen-bond acceptors (Lipinski definition) is 4. The van der Waals surface area contributed by atoms with E-state index in [4.69, 9.17) is 11.6 Å². The van der Waals surface area contributed by atoms with Crippen LogP contribution in [0, 0.1) is 5.41 Å². The number of Topliss-reactive ketones (excluding diaryl/α,β-unsaturated/α-hetero) is 1. The minimum Gasteiger partial charge on any atom is -0.336 e. The van der Waals surface area contributed by atoms with Gasteiger partial charge in [-0.05, 0) is 54.5 Å². The van der Waals surface area contributed by atoms with Gasteiger partial charge in [0.1, 0.15) is 5.56 Å². The summed E-state index contributed by atoms with van der Waals surface area (Å²) in [6.45, 7) is 6.93. The van der Waals surface area contributed by atoms with Gasteiger partial charge < -0.3 is 4.90 Å². The quantitative estimate of drug-likeness (QED) is 0.617. The van der Waals surface area contributed by atoms with Crippen LogP contribution in [0.2, 0.25) is 5.02 Å². The molecule has 35 heavy (non-hydrogen) atoms. The number of amides is 1. The molecule has 0 N–H and O–H groups in total. The SMILES string of the molecule is CC1(C)CC(=O)c2cn(-c3ccc(Cl)cc3)c(=O)c(C(=O)N3CCN(C4CCCCC4)CC3)c2C1. The van der Waals surface area contributed by atoms with E-state index in [2.05, 4.69) is 4.90 Å². The highest BCUT2D eigenvalue weighted by molar-refractivity contribution is 6.30. The summed E-state index contributed by atoms with van der Waals surface area (Å²) < 4.78 is 1.44. The van der Waals surface area contributed by atoms with Crippen molar-refractivity contribution in [2.24, 2.45) is 5.41 Å². The van der Waals surface area contributed by atoms with E-state index in [0.29, 0.717) is 53.8 Å². The van der Waals surface area contributed by atoms with Gasteiger partial charge in [-0.2, -0.15) is 0 Å². The van der Waals surface area contributed by atoms with E-state index in [9.17, 15) is 14.4 Å². The number of nitrogens with zero attached hydrogens (tertiary/aromatic N) is 3. The molecule has 0 unspecified atom stereocenters. The maximum Gasteiger partial charge on any atom is 0.268 e. The lowest BCUT2D eigenvalue weighted by molar-refractivity contribution is 0.0519. The van der Waals surface area contributed by atoms with Crippen LogP contribution < -0.4 is 5.56 Å². The number of fused-ring (bicyclic) bond motifs is 1. The highest BCUT2D eigenvalue weighted by atomic mass is 35.5. The van der Waals surface area contributed by atoms with Crippen molar-refractivity contribution in [1.29, 1.82) is 0 Å². The number of pyridine rings is 1. The Kier molecular flexibility index (Phi) is 6.62. The third-order valence-corrected chi connectivity index (χ3v) is 8.18. The Morgan fingerprint density at radius 1 is 0.943 bits per heavy atom. The van der Waals surface area contributed by atoms with E-state index >= 15 is 0 Å². The summed E-state index contributed by atoms with van der Waals surface area (Å²) in [6.07, 6.45) is 8.92. The van der Waals surface area contributed by atoms with Crippen LogP contribution in [0.5, 0.6) is 0 Å². The first-order valence-corrected chi connectivity index (χ1v) is 13.2. The summed E-state index contributed by atoms with van der Waals surface area (Å²) in [6, 6.07) is 7.51. The molecule has 0 bridgehead atoms. The first kappa shape index (κ1) is 24.3. The zero-order chi connectivity index (χ0) is 24.7. The van der Waals surface area contributed by atoms with Gasteiger partial charge in [0.25, 0.3) is 11.5 Å². The Labute approximate surface area is 211 Å². The molecule has 3 aliphatic rings. The predicted octanol–water partition coefficient (Wildman–Crippen LogP) is 4.74. The summed E-state index contributed by atoms with van der Waals surface area (Å²) >= 11 is 6.05. The molecule has 6 nitrogen and oxygen atoms in total. The molecule has 1 aliphatic heterocycles. The van der Waals surface area contributed by atoms with Crippen molar-refractivity contribution in [3.05, 3.63) is 62.5 Å². The van der Waals surface area contributed by atoms with Gasteiger partial charge in [0.05, 0.1) is 0 Å².